The van der Waals surface area contributed by atoms with Gasteiger partial charge in [-0.15, -0.1) is 11.8 Å². The van der Waals surface area contributed by atoms with Gasteiger partial charge in [-0.3, -0.25) is 0 Å². The Bertz CT molecular complexity index is 349. The third-order valence-electron chi connectivity index (χ3n) is 3.31. The van der Waals surface area contributed by atoms with Crippen LogP contribution in [0.4, 0.5) is 0 Å². The van der Waals surface area contributed by atoms with Crippen molar-refractivity contribution in [1.29, 1.82) is 0 Å². The molecule has 0 spiro atoms. The van der Waals surface area contributed by atoms with Crippen LogP contribution < -0.4 is 5.32 Å². The molecule has 1 nitrogen and oxygen atoms in total. The topological polar surface area (TPSA) is 12.0 Å². The lowest BCUT2D eigenvalue weighted by molar-refractivity contribution is 0.469. The minimum atomic E-state index is 0.583. The van der Waals surface area contributed by atoms with Gasteiger partial charge in [0.15, 0.2) is 0 Å². The molecule has 0 bridgehead atoms. The molecule has 94 valence electrons. The van der Waals surface area contributed by atoms with Crippen molar-refractivity contribution in [3.8, 4) is 0 Å². The molecule has 0 fully saturated rings. The van der Waals surface area contributed by atoms with E-state index in [-0.39, 0.29) is 0 Å². The Labute approximate surface area is 109 Å². The molecule has 1 aliphatic rings. The van der Waals surface area contributed by atoms with E-state index in [2.05, 4.69) is 43.4 Å². The summed E-state index contributed by atoms with van der Waals surface area (Å²) in [5.41, 5.74) is 1.51. The first kappa shape index (κ1) is 13.0. The van der Waals surface area contributed by atoms with Crippen molar-refractivity contribution < 1.29 is 0 Å². The van der Waals surface area contributed by atoms with Crippen molar-refractivity contribution >= 4 is 11.8 Å². The summed E-state index contributed by atoms with van der Waals surface area (Å²) in [6, 6.07) is 9.42. The number of rotatable bonds is 5. The molecule has 0 radical (unpaired) electrons. The highest BCUT2D eigenvalue weighted by Crippen LogP contribution is 2.35. The molecule has 0 saturated carbocycles. The van der Waals surface area contributed by atoms with Crippen molar-refractivity contribution in [2.24, 2.45) is 5.92 Å². The van der Waals surface area contributed by atoms with E-state index >= 15 is 0 Å². The lowest BCUT2D eigenvalue weighted by atomic mass is 10.0. The Morgan fingerprint density at radius 2 is 2.18 bits per heavy atom. The molecule has 0 saturated heterocycles. The third kappa shape index (κ3) is 3.75. The summed E-state index contributed by atoms with van der Waals surface area (Å²) in [7, 11) is 0. The van der Waals surface area contributed by atoms with Crippen LogP contribution in [0.15, 0.2) is 29.2 Å². The van der Waals surface area contributed by atoms with Crippen LogP contribution in [0.5, 0.6) is 0 Å². The van der Waals surface area contributed by atoms with Gasteiger partial charge in [-0.25, -0.2) is 0 Å². The van der Waals surface area contributed by atoms with Gasteiger partial charge in [0.25, 0.3) is 0 Å². The van der Waals surface area contributed by atoms with Gasteiger partial charge < -0.3 is 5.32 Å². The Morgan fingerprint density at radius 1 is 1.35 bits per heavy atom. The van der Waals surface area contributed by atoms with E-state index in [0.29, 0.717) is 6.04 Å². The molecule has 1 N–H and O–H groups in total. The molecule has 0 aromatic heterocycles. The summed E-state index contributed by atoms with van der Waals surface area (Å²) in [6.07, 6.45) is 3.89. The highest BCUT2D eigenvalue weighted by atomic mass is 32.2. The lowest BCUT2D eigenvalue weighted by Gasteiger charge is -2.26. The van der Waals surface area contributed by atoms with Gasteiger partial charge in [-0.05, 0) is 49.1 Å². The fourth-order valence-electron chi connectivity index (χ4n) is 2.34. The van der Waals surface area contributed by atoms with Gasteiger partial charge in [0.05, 0.1) is 0 Å². The van der Waals surface area contributed by atoms with Crippen LogP contribution in [-0.4, -0.2) is 12.3 Å². The molecular weight excluding hydrogens is 226 g/mol. The van der Waals surface area contributed by atoms with Gasteiger partial charge in [0, 0.05) is 10.9 Å². The van der Waals surface area contributed by atoms with Crippen molar-refractivity contribution in [2.75, 3.05) is 12.3 Å². The number of hydrogen-bond acceptors (Lipinski definition) is 2. The molecule has 1 heterocycles. The second-order valence-electron chi connectivity index (χ2n) is 5.22. The number of hydrogen-bond donors (Lipinski definition) is 1. The number of nitrogens with one attached hydrogen (secondary N) is 1. The van der Waals surface area contributed by atoms with Gasteiger partial charge in [-0.1, -0.05) is 32.0 Å². The highest BCUT2D eigenvalue weighted by molar-refractivity contribution is 7.99. The molecular formula is C15H23NS. The zero-order valence-corrected chi connectivity index (χ0v) is 11.7. The summed E-state index contributed by atoms with van der Waals surface area (Å²) >= 11 is 2.00. The average Bonchev–Trinajstić information content (AvgIpc) is 2.34. The zero-order valence-electron chi connectivity index (χ0n) is 10.9. The maximum atomic E-state index is 3.72. The van der Waals surface area contributed by atoms with E-state index in [0.717, 1.165) is 12.5 Å². The molecule has 0 aliphatic carbocycles. The Balaban J connectivity index is 1.86. The van der Waals surface area contributed by atoms with Crippen LogP contribution in [0.1, 0.15) is 44.7 Å². The van der Waals surface area contributed by atoms with Crippen LogP contribution >= 0.6 is 11.8 Å². The Morgan fingerprint density at radius 3 is 3.00 bits per heavy atom. The zero-order chi connectivity index (χ0) is 12.1. The fraction of sp³-hybridized carbons (Fsp3) is 0.600. The lowest BCUT2D eigenvalue weighted by Crippen LogP contribution is -2.25. The van der Waals surface area contributed by atoms with Crippen molar-refractivity contribution in [3.05, 3.63) is 29.8 Å². The first-order chi connectivity index (χ1) is 8.27. The van der Waals surface area contributed by atoms with E-state index in [1.807, 2.05) is 11.8 Å². The van der Waals surface area contributed by atoms with Crippen molar-refractivity contribution in [1.82, 2.24) is 5.32 Å². The number of benzene rings is 1. The van der Waals surface area contributed by atoms with Gasteiger partial charge in [0.2, 0.25) is 0 Å². The minimum Gasteiger partial charge on any atom is -0.310 e. The second kappa shape index (κ2) is 6.46. The first-order valence-corrected chi connectivity index (χ1v) is 7.71. The maximum absolute atomic E-state index is 3.72. The van der Waals surface area contributed by atoms with Crippen LogP contribution in [0.2, 0.25) is 0 Å². The van der Waals surface area contributed by atoms with Crippen LogP contribution in [0.3, 0.4) is 0 Å². The second-order valence-corrected chi connectivity index (χ2v) is 6.35. The van der Waals surface area contributed by atoms with Crippen molar-refractivity contribution in [2.45, 2.75) is 44.0 Å². The molecule has 2 rings (SSSR count). The van der Waals surface area contributed by atoms with E-state index in [9.17, 15) is 0 Å². The predicted molar refractivity (Wildman–Crippen MR) is 76.6 cm³/mol. The summed E-state index contributed by atoms with van der Waals surface area (Å²) in [6.45, 7) is 5.75. The highest BCUT2D eigenvalue weighted by Gasteiger charge is 2.19. The van der Waals surface area contributed by atoms with Crippen LogP contribution in [0, 0.1) is 5.92 Å². The smallest absolute Gasteiger partial charge is 0.0339 e. The molecule has 2 heteroatoms. The number of thioether (sulfide) groups is 1. The predicted octanol–water partition coefficient (Wildman–Crippen LogP) is 4.25. The summed E-state index contributed by atoms with van der Waals surface area (Å²) < 4.78 is 0. The first-order valence-electron chi connectivity index (χ1n) is 6.72. The molecule has 1 aliphatic heterocycles. The third-order valence-corrected chi connectivity index (χ3v) is 4.43. The molecule has 1 aromatic carbocycles. The SMILES string of the molecule is CC(C)CCCNC1CCSc2ccccc21. The van der Waals surface area contributed by atoms with E-state index in [1.165, 1.54) is 35.5 Å². The Kier molecular flexibility index (Phi) is 4.93. The summed E-state index contributed by atoms with van der Waals surface area (Å²) in [5.74, 6) is 2.07. The van der Waals surface area contributed by atoms with Gasteiger partial charge in [0.1, 0.15) is 0 Å². The van der Waals surface area contributed by atoms with E-state index in [4.69, 9.17) is 0 Å². The minimum absolute atomic E-state index is 0.583. The average molecular weight is 249 g/mol. The summed E-state index contributed by atoms with van der Waals surface area (Å²) in [4.78, 5) is 1.47. The van der Waals surface area contributed by atoms with E-state index < -0.39 is 0 Å². The van der Waals surface area contributed by atoms with Crippen molar-refractivity contribution in [3.63, 3.8) is 0 Å². The number of fused-ring (bicyclic) bond motifs is 1. The van der Waals surface area contributed by atoms with Gasteiger partial charge >= 0.3 is 0 Å². The Hall–Kier alpha value is -0.470. The summed E-state index contributed by atoms with van der Waals surface area (Å²) in [5, 5.41) is 3.72. The maximum Gasteiger partial charge on any atom is 0.0339 e. The van der Waals surface area contributed by atoms with E-state index in [1.54, 1.807) is 0 Å². The molecule has 1 aromatic rings. The standard InChI is InChI=1S/C15H23NS/c1-12(2)6-5-10-16-14-9-11-17-15-8-4-3-7-13(14)15/h3-4,7-8,12,14,16H,5-6,9-11H2,1-2H3. The van der Waals surface area contributed by atoms with Crippen LogP contribution in [-0.2, 0) is 0 Å². The normalized spacial score (nSPS) is 19.4. The molecule has 1 atom stereocenters. The quantitative estimate of drug-likeness (QED) is 0.783. The fourth-order valence-corrected chi connectivity index (χ4v) is 3.47. The molecule has 17 heavy (non-hydrogen) atoms. The molecule has 1 unspecified atom stereocenters. The molecule has 0 amide bonds. The van der Waals surface area contributed by atoms with Crippen LogP contribution in [0.25, 0.3) is 0 Å². The largest absolute Gasteiger partial charge is 0.310 e. The monoisotopic (exact) mass is 249 g/mol. The van der Waals surface area contributed by atoms with Gasteiger partial charge in [-0.2, -0.15) is 0 Å².